The summed E-state index contributed by atoms with van der Waals surface area (Å²) in [5, 5.41) is 2.56. The lowest BCUT2D eigenvalue weighted by atomic mass is 9.95. The van der Waals surface area contributed by atoms with Crippen LogP contribution in [0.4, 0.5) is 18.3 Å². The summed E-state index contributed by atoms with van der Waals surface area (Å²) in [5.41, 5.74) is 1.94. The molecule has 0 saturated carbocycles. The average Bonchev–Trinajstić information content (AvgIpc) is 3.19. The lowest BCUT2D eigenvalue weighted by Crippen LogP contribution is -2.14. The summed E-state index contributed by atoms with van der Waals surface area (Å²) in [6, 6.07) is 8.37. The maximum atomic E-state index is 13.0. The number of halogens is 3. The average molecular weight is 464 g/mol. The fourth-order valence-corrected chi connectivity index (χ4v) is 5.49. The molecule has 0 saturated heterocycles. The van der Waals surface area contributed by atoms with Crippen molar-refractivity contribution in [3.05, 3.63) is 70.9 Å². The molecule has 0 aliphatic carbocycles. The van der Waals surface area contributed by atoms with Gasteiger partial charge in [-0.25, -0.2) is 13.4 Å². The molecular formula is C21H16F3N3O2S2. The van der Waals surface area contributed by atoms with E-state index in [-0.39, 0.29) is 10.0 Å². The molecule has 0 aliphatic heterocycles. The minimum absolute atomic E-state index is 0.0593. The third-order valence-corrected chi connectivity index (χ3v) is 7.20. The number of sulfonamides is 1. The largest absolute Gasteiger partial charge is 0.416 e. The predicted octanol–water partition coefficient (Wildman–Crippen LogP) is 5.79. The Bertz CT molecular complexity index is 1380. The molecule has 0 radical (unpaired) electrons. The molecule has 2 aromatic heterocycles. The Balaban J connectivity index is 1.83. The van der Waals surface area contributed by atoms with Gasteiger partial charge in [0.05, 0.1) is 16.0 Å². The van der Waals surface area contributed by atoms with Crippen LogP contribution in [0.5, 0.6) is 0 Å². The molecule has 0 aliphatic rings. The van der Waals surface area contributed by atoms with Crippen molar-refractivity contribution in [3.8, 4) is 11.1 Å². The van der Waals surface area contributed by atoms with E-state index in [1.165, 1.54) is 24.5 Å². The normalized spacial score (nSPS) is 12.3. The first kappa shape index (κ1) is 21.3. The van der Waals surface area contributed by atoms with Crippen molar-refractivity contribution in [2.75, 3.05) is 4.72 Å². The van der Waals surface area contributed by atoms with Gasteiger partial charge in [0.1, 0.15) is 0 Å². The van der Waals surface area contributed by atoms with E-state index >= 15 is 0 Å². The van der Waals surface area contributed by atoms with Gasteiger partial charge in [-0.15, -0.1) is 11.3 Å². The van der Waals surface area contributed by atoms with Crippen molar-refractivity contribution in [3.63, 3.8) is 0 Å². The number of pyridine rings is 1. The predicted molar refractivity (Wildman–Crippen MR) is 115 cm³/mol. The first-order valence-electron chi connectivity index (χ1n) is 9.07. The van der Waals surface area contributed by atoms with Crippen LogP contribution in [0.2, 0.25) is 0 Å². The van der Waals surface area contributed by atoms with Crippen LogP contribution >= 0.6 is 11.3 Å². The van der Waals surface area contributed by atoms with Gasteiger partial charge < -0.3 is 0 Å². The highest BCUT2D eigenvalue weighted by Crippen LogP contribution is 2.36. The van der Waals surface area contributed by atoms with E-state index < -0.39 is 21.8 Å². The number of fused-ring (bicyclic) bond motifs is 1. The van der Waals surface area contributed by atoms with Gasteiger partial charge in [-0.05, 0) is 60.4 Å². The highest BCUT2D eigenvalue weighted by molar-refractivity contribution is 7.93. The first-order chi connectivity index (χ1) is 14.6. The lowest BCUT2D eigenvalue weighted by Gasteiger charge is -2.15. The lowest BCUT2D eigenvalue weighted by molar-refractivity contribution is -0.137. The zero-order valence-electron chi connectivity index (χ0n) is 16.4. The van der Waals surface area contributed by atoms with Gasteiger partial charge in [0.2, 0.25) is 0 Å². The Kier molecular flexibility index (Phi) is 5.22. The second-order valence-corrected chi connectivity index (χ2v) is 9.46. The number of benzene rings is 2. The van der Waals surface area contributed by atoms with Crippen LogP contribution in [0.3, 0.4) is 0 Å². The molecule has 4 rings (SSSR count). The maximum absolute atomic E-state index is 13.0. The zero-order valence-corrected chi connectivity index (χ0v) is 18.0. The number of rotatable bonds is 4. The summed E-state index contributed by atoms with van der Waals surface area (Å²) in [6.45, 7) is 3.26. The third kappa shape index (κ3) is 4.00. The topological polar surface area (TPSA) is 72.0 Å². The summed E-state index contributed by atoms with van der Waals surface area (Å²) in [6.07, 6.45) is -1.41. The minimum atomic E-state index is -4.42. The van der Waals surface area contributed by atoms with E-state index in [0.29, 0.717) is 33.2 Å². The van der Waals surface area contributed by atoms with Crippen LogP contribution in [-0.2, 0) is 16.2 Å². The molecular weight excluding hydrogens is 447 g/mol. The number of alkyl halides is 3. The Morgan fingerprint density at radius 1 is 0.968 bits per heavy atom. The second-order valence-electron chi connectivity index (χ2n) is 6.91. The molecule has 31 heavy (non-hydrogen) atoms. The van der Waals surface area contributed by atoms with Gasteiger partial charge in [0.25, 0.3) is 10.0 Å². The van der Waals surface area contributed by atoms with Gasteiger partial charge in [-0.2, -0.15) is 13.2 Å². The molecule has 5 nitrogen and oxygen atoms in total. The van der Waals surface area contributed by atoms with E-state index in [1.807, 2.05) is 0 Å². The van der Waals surface area contributed by atoms with E-state index in [9.17, 15) is 21.6 Å². The first-order valence-corrected chi connectivity index (χ1v) is 11.4. The van der Waals surface area contributed by atoms with E-state index in [2.05, 4.69) is 14.7 Å². The van der Waals surface area contributed by atoms with Crippen LogP contribution in [0, 0.1) is 13.8 Å². The molecule has 2 aromatic carbocycles. The Labute approximate surface area is 180 Å². The van der Waals surface area contributed by atoms with Crippen molar-refractivity contribution in [2.24, 2.45) is 0 Å². The quantitative estimate of drug-likeness (QED) is 0.416. The number of hydrogen-bond acceptors (Lipinski definition) is 5. The number of anilines is 1. The van der Waals surface area contributed by atoms with E-state index in [4.69, 9.17) is 0 Å². The summed E-state index contributed by atoms with van der Waals surface area (Å²) in [5.74, 6) is 0. The minimum Gasteiger partial charge on any atom is -0.256 e. The fourth-order valence-electron chi connectivity index (χ4n) is 3.45. The zero-order chi connectivity index (χ0) is 22.4. The van der Waals surface area contributed by atoms with Crippen molar-refractivity contribution in [1.82, 2.24) is 9.97 Å². The molecule has 1 N–H and O–H groups in total. The summed E-state index contributed by atoms with van der Waals surface area (Å²) >= 11 is 1.16. The van der Waals surface area contributed by atoms with Crippen molar-refractivity contribution in [2.45, 2.75) is 24.9 Å². The molecule has 160 valence electrons. The van der Waals surface area contributed by atoms with Crippen LogP contribution in [0.1, 0.15) is 16.7 Å². The van der Waals surface area contributed by atoms with Crippen LogP contribution < -0.4 is 4.72 Å². The van der Waals surface area contributed by atoms with Crippen molar-refractivity contribution in [1.29, 1.82) is 0 Å². The summed E-state index contributed by atoms with van der Waals surface area (Å²) in [4.78, 5) is 8.34. The number of thiazole rings is 1. The summed E-state index contributed by atoms with van der Waals surface area (Å²) < 4.78 is 67.2. The number of aryl methyl sites for hydroxylation is 2. The fraction of sp³-hybridized carbons (Fsp3) is 0.143. The van der Waals surface area contributed by atoms with Crippen LogP contribution in [-0.4, -0.2) is 18.4 Å². The molecule has 0 atom stereocenters. The van der Waals surface area contributed by atoms with Crippen molar-refractivity contribution >= 4 is 37.4 Å². The van der Waals surface area contributed by atoms with Gasteiger partial charge in [0.15, 0.2) is 5.13 Å². The molecule has 4 aromatic rings. The van der Waals surface area contributed by atoms with E-state index in [0.717, 1.165) is 23.5 Å². The molecule has 0 unspecified atom stereocenters. The number of nitrogens with one attached hydrogen (secondary N) is 1. The monoisotopic (exact) mass is 463 g/mol. The number of hydrogen-bond donors (Lipinski definition) is 1. The highest BCUT2D eigenvalue weighted by atomic mass is 32.2. The van der Waals surface area contributed by atoms with Crippen LogP contribution in [0.25, 0.3) is 22.0 Å². The molecule has 0 spiro atoms. The maximum Gasteiger partial charge on any atom is 0.416 e. The van der Waals surface area contributed by atoms with E-state index in [1.54, 1.807) is 31.4 Å². The standard InChI is InChI=1S/C21H16F3N3O2S2/c1-12-11-14(21(22,23)24)3-4-15(12)16-7-8-25-19-13(2)18(6-5-17(16)19)31(28,29)27-20-26-9-10-30-20/h3-11H,1-2H3,(H,26,27). The second kappa shape index (κ2) is 7.61. The third-order valence-electron chi connectivity index (χ3n) is 4.90. The van der Waals surface area contributed by atoms with Gasteiger partial charge in [-0.1, -0.05) is 12.1 Å². The molecule has 0 bridgehead atoms. The molecule has 2 heterocycles. The molecule has 0 amide bonds. The van der Waals surface area contributed by atoms with Crippen molar-refractivity contribution < 1.29 is 21.6 Å². The summed E-state index contributed by atoms with van der Waals surface area (Å²) in [7, 11) is -3.88. The van der Waals surface area contributed by atoms with Gasteiger partial charge in [0, 0.05) is 23.2 Å². The molecule has 10 heteroatoms. The van der Waals surface area contributed by atoms with Crippen LogP contribution in [0.15, 0.2) is 59.1 Å². The smallest absolute Gasteiger partial charge is 0.256 e. The van der Waals surface area contributed by atoms with Gasteiger partial charge >= 0.3 is 6.18 Å². The Morgan fingerprint density at radius 2 is 1.74 bits per heavy atom. The van der Waals surface area contributed by atoms with Gasteiger partial charge in [-0.3, -0.25) is 9.71 Å². The SMILES string of the molecule is Cc1cc(C(F)(F)F)ccc1-c1ccnc2c(C)c(S(=O)(=O)Nc3nccs3)ccc12. The Morgan fingerprint density at radius 3 is 2.39 bits per heavy atom. The Hall–Kier alpha value is -2.98. The molecule has 0 fully saturated rings. The number of nitrogens with zero attached hydrogens (tertiary/aromatic N) is 2. The highest BCUT2D eigenvalue weighted by Gasteiger charge is 2.30. The number of aromatic nitrogens is 2.